The molecular formula is C16H26N4O. The van der Waals surface area contributed by atoms with E-state index in [4.69, 9.17) is 0 Å². The normalized spacial score (nSPS) is 28.9. The van der Waals surface area contributed by atoms with E-state index >= 15 is 0 Å². The van der Waals surface area contributed by atoms with Crippen LogP contribution in [0.2, 0.25) is 0 Å². The van der Waals surface area contributed by atoms with Gasteiger partial charge in [-0.1, -0.05) is 12.8 Å². The van der Waals surface area contributed by atoms with Gasteiger partial charge in [0, 0.05) is 31.4 Å². The average Bonchev–Trinajstić information content (AvgIpc) is 3.04. The number of fused-ring (bicyclic) bond motifs is 1. The molecule has 0 aromatic carbocycles. The minimum atomic E-state index is 0.0213. The molecule has 116 valence electrons. The minimum Gasteiger partial charge on any atom is -0.355 e. The van der Waals surface area contributed by atoms with Crippen LogP contribution in [0.15, 0.2) is 12.4 Å². The molecule has 5 nitrogen and oxygen atoms in total. The first kappa shape index (κ1) is 14.6. The second kappa shape index (κ2) is 7.07. The predicted octanol–water partition coefficient (Wildman–Crippen LogP) is 1.77. The first-order chi connectivity index (χ1) is 10.3. The highest BCUT2D eigenvalue weighted by molar-refractivity contribution is 5.81. The molecule has 0 radical (unpaired) electrons. The molecule has 3 unspecified atom stereocenters. The van der Waals surface area contributed by atoms with Gasteiger partial charge in [-0.05, 0) is 38.0 Å². The van der Waals surface area contributed by atoms with Crippen LogP contribution in [-0.4, -0.2) is 34.5 Å². The highest BCUT2D eigenvalue weighted by Crippen LogP contribution is 2.32. The van der Waals surface area contributed by atoms with Gasteiger partial charge in [0.1, 0.15) is 5.82 Å². The maximum atomic E-state index is 12.2. The summed E-state index contributed by atoms with van der Waals surface area (Å²) < 4.78 is 0. The Balaban J connectivity index is 1.37. The van der Waals surface area contributed by atoms with Gasteiger partial charge in [0.15, 0.2) is 0 Å². The fourth-order valence-corrected chi connectivity index (χ4v) is 3.73. The molecule has 5 heteroatoms. The average molecular weight is 290 g/mol. The number of rotatable bonds is 5. The van der Waals surface area contributed by atoms with E-state index in [0.717, 1.165) is 37.5 Å². The molecule has 0 spiro atoms. The number of H-pyrrole nitrogens is 1. The molecular weight excluding hydrogens is 264 g/mol. The standard InChI is InChI=1S/C16H26N4O/c21-16(19-9-3-6-15-17-10-11-18-15)14-8-7-12-4-1-2-5-13(12)20-14/h10-14,20H,1-9H2,(H,17,18)(H,19,21). The van der Waals surface area contributed by atoms with Gasteiger partial charge in [-0.15, -0.1) is 0 Å². The zero-order valence-corrected chi connectivity index (χ0v) is 12.6. The van der Waals surface area contributed by atoms with Gasteiger partial charge in [-0.3, -0.25) is 4.79 Å². The highest BCUT2D eigenvalue weighted by atomic mass is 16.2. The number of piperidine rings is 1. The van der Waals surface area contributed by atoms with E-state index in [1.54, 1.807) is 6.20 Å². The summed E-state index contributed by atoms with van der Waals surface area (Å²) in [4.78, 5) is 19.5. The SMILES string of the molecule is O=C(NCCCc1ncc[nH]1)C1CCC2CCCCC2N1. The van der Waals surface area contributed by atoms with E-state index in [1.807, 2.05) is 6.20 Å². The zero-order chi connectivity index (χ0) is 14.5. The molecule has 1 amide bonds. The lowest BCUT2D eigenvalue weighted by Gasteiger charge is -2.39. The molecule has 1 aromatic rings. The number of hydrogen-bond donors (Lipinski definition) is 3. The van der Waals surface area contributed by atoms with E-state index in [-0.39, 0.29) is 11.9 Å². The number of nitrogens with one attached hydrogen (secondary N) is 3. The van der Waals surface area contributed by atoms with Crippen LogP contribution in [0, 0.1) is 5.92 Å². The smallest absolute Gasteiger partial charge is 0.237 e. The molecule has 1 saturated heterocycles. The van der Waals surface area contributed by atoms with E-state index in [0.29, 0.717) is 6.04 Å². The second-order valence-corrected chi connectivity index (χ2v) is 6.38. The molecule has 0 bridgehead atoms. The Labute approximate surface area is 126 Å². The summed E-state index contributed by atoms with van der Waals surface area (Å²) in [5, 5.41) is 6.65. The quantitative estimate of drug-likeness (QED) is 0.724. The van der Waals surface area contributed by atoms with Gasteiger partial charge in [0.2, 0.25) is 5.91 Å². The summed E-state index contributed by atoms with van der Waals surface area (Å²) in [6, 6.07) is 0.597. The Hall–Kier alpha value is -1.36. The van der Waals surface area contributed by atoms with Crippen molar-refractivity contribution in [2.45, 2.75) is 63.5 Å². The molecule has 3 atom stereocenters. The summed E-state index contributed by atoms with van der Waals surface area (Å²) in [6.07, 6.45) is 12.9. The Morgan fingerprint density at radius 3 is 3.05 bits per heavy atom. The van der Waals surface area contributed by atoms with Gasteiger partial charge in [0.05, 0.1) is 6.04 Å². The van der Waals surface area contributed by atoms with E-state index in [9.17, 15) is 4.79 Å². The lowest BCUT2D eigenvalue weighted by molar-refractivity contribution is -0.124. The summed E-state index contributed by atoms with van der Waals surface area (Å²) in [7, 11) is 0. The third-order valence-electron chi connectivity index (χ3n) is 4.91. The van der Waals surface area contributed by atoms with Crippen molar-refractivity contribution in [1.29, 1.82) is 0 Å². The number of hydrogen-bond acceptors (Lipinski definition) is 3. The molecule has 1 saturated carbocycles. The van der Waals surface area contributed by atoms with Crippen LogP contribution in [0.25, 0.3) is 0 Å². The molecule has 3 rings (SSSR count). The maximum absolute atomic E-state index is 12.2. The topological polar surface area (TPSA) is 69.8 Å². The number of aryl methyl sites for hydroxylation is 1. The van der Waals surface area contributed by atoms with Crippen LogP contribution >= 0.6 is 0 Å². The van der Waals surface area contributed by atoms with Crippen molar-refractivity contribution in [2.24, 2.45) is 5.92 Å². The third kappa shape index (κ3) is 3.84. The minimum absolute atomic E-state index is 0.0213. The largest absolute Gasteiger partial charge is 0.355 e. The summed E-state index contributed by atoms with van der Waals surface area (Å²) in [6.45, 7) is 0.728. The predicted molar refractivity (Wildman–Crippen MR) is 81.8 cm³/mol. The summed E-state index contributed by atoms with van der Waals surface area (Å²) in [5.74, 6) is 1.98. The van der Waals surface area contributed by atoms with Gasteiger partial charge >= 0.3 is 0 Å². The molecule has 1 aliphatic carbocycles. The monoisotopic (exact) mass is 290 g/mol. The lowest BCUT2D eigenvalue weighted by atomic mass is 9.77. The number of amides is 1. The van der Waals surface area contributed by atoms with Crippen molar-refractivity contribution in [3.8, 4) is 0 Å². The van der Waals surface area contributed by atoms with Gasteiger partial charge in [-0.25, -0.2) is 4.98 Å². The molecule has 1 aliphatic heterocycles. The number of aromatic nitrogens is 2. The fraction of sp³-hybridized carbons (Fsp3) is 0.750. The van der Waals surface area contributed by atoms with Crippen LogP contribution in [0.1, 0.15) is 50.8 Å². The van der Waals surface area contributed by atoms with Gasteiger partial charge < -0.3 is 15.6 Å². The number of nitrogens with zero attached hydrogens (tertiary/aromatic N) is 1. The number of imidazole rings is 1. The van der Waals surface area contributed by atoms with Crippen molar-refractivity contribution in [3.63, 3.8) is 0 Å². The molecule has 2 fully saturated rings. The van der Waals surface area contributed by atoms with Crippen molar-refractivity contribution in [2.75, 3.05) is 6.54 Å². The van der Waals surface area contributed by atoms with Crippen molar-refractivity contribution in [3.05, 3.63) is 18.2 Å². The third-order valence-corrected chi connectivity index (χ3v) is 4.91. The van der Waals surface area contributed by atoms with Gasteiger partial charge in [0.25, 0.3) is 0 Å². The Morgan fingerprint density at radius 2 is 2.19 bits per heavy atom. The van der Waals surface area contributed by atoms with Crippen LogP contribution in [0.4, 0.5) is 0 Å². The highest BCUT2D eigenvalue weighted by Gasteiger charge is 2.34. The van der Waals surface area contributed by atoms with E-state index < -0.39 is 0 Å². The zero-order valence-electron chi connectivity index (χ0n) is 12.6. The molecule has 2 aliphatic rings. The fourth-order valence-electron chi connectivity index (χ4n) is 3.73. The molecule has 21 heavy (non-hydrogen) atoms. The molecule has 2 heterocycles. The van der Waals surface area contributed by atoms with E-state index in [1.165, 1.54) is 32.1 Å². The Morgan fingerprint density at radius 1 is 1.29 bits per heavy atom. The van der Waals surface area contributed by atoms with Crippen molar-refractivity contribution < 1.29 is 4.79 Å². The van der Waals surface area contributed by atoms with Crippen molar-refractivity contribution >= 4 is 5.91 Å². The summed E-state index contributed by atoms with van der Waals surface area (Å²) >= 11 is 0. The Kier molecular flexibility index (Phi) is 4.91. The lowest BCUT2D eigenvalue weighted by Crippen LogP contribution is -2.55. The van der Waals surface area contributed by atoms with Gasteiger partial charge in [-0.2, -0.15) is 0 Å². The maximum Gasteiger partial charge on any atom is 0.237 e. The molecule has 3 N–H and O–H groups in total. The number of carbonyl (C=O) groups excluding carboxylic acids is 1. The van der Waals surface area contributed by atoms with Crippen LogP contribution < -0.4 is 10.6 Å². The van der Waals surface area contributed by atoms with Crippen LogP contribution in [0.3, 0.4) is 0 Å². The summed E-state index contributed by atoms with van der Waals surface area (Å²) in [5.41, 5.74) is 0. The molecule has 1 aromatic heterocycles. The van der Waals surface area contributed by atoms with Crippen LogP contribution in [0.5, 0.6) is 0 Å². The second-order valence-electron chi connectivity index (χ2n) is 6.38. The van der Waals surface area contributed by atoms with E-state index in [2.05, 4.69) is 20.6 Å². The first-order valence-electron chi connectivity index (χ1n) is 8.35. The number of carbonyl (C=O) groups is 1. The first-order valence-corrected chi connectivity index (χ1v) is 8.35. The van der Waals surface area contributed by atoms with Crippen molar-refractivity contribution in [1.82, 2.24) is 20.6 Å². The van der Waals surface area contributed by atoms with Crippen LogP contribution in [-0.2, 0) is 11.2 Å². The Bertz CT molecular complexity index is 445. The number of aromatic amines is 1.